The van der Waals surface area contributed by atoms with Crippen molar-refractivity contribution in [2.24, 2.45) is 17.4 Å². The maximum Gasteiger partial charge on any atom is 0.231 e. The van der Waals surface area contributed by atoms with E-state index in [1.807, 2.05) is 0 Å². The molecule has 1 aliphatic carbocycles. The molecule has 1 fully saturated rings. The highest BCUT2D eigenvalue weighted by molar-refractivity contribution is 9.10. The summed E-state index contributed by atoms with van der Waals surface area (Å²) in [7, 11) is 0. The number of carbonyl (C=O) groups excluding carboxylic acids is 1. The Bertz CT molecular complexity index is 981. The van der Waals surface area contributed by atoms with E-state index < -0.39 is 22.7 Å². The van der Waals surface area contributed by atoms with Crippen LogP contribution in [0.15, 0.2) is 28.7 Å². The molecule has 5 N–H and O–H groups in total. The predicted octanol–water partition coefficient (Wildman–Crippen LogP) is 2.34. The SMILES string of the molecule is C[C@]1(C(N)=O)COc2c1cc([C@@](O)(CN)C1CC1)nc2-c1cccc(Br)c1F. The minimum atomic E-state index is -1.35. The van der Waals surface area contributed by atoms with Gasteiger partial charge in [-0.1, -0.05) is 6.07 Å². The van der Waals surface area contributed by atoms with Crippen molar-refractivity contribution in [1.29, 1.82) is 0 Å². The molecule has 0 saturated heterocycles. The Labute approximate surface area is 170 Å². The summed E-state index contributed by atoms with van der Waals surface area (Å²) in [4.78, 5) is 16.8. The second-order valence-corrected chi connectivity index (χ2v) is 8.58. The Morgan fingerprint density at radius 2 is 2.21 bits per heavy atom. The van der Waals surface area contributed by atoms with Gasteiger partial charge in [-0.05, 0) is 59.8 Å². The molecule has 0 bridgehead atoms. The van der Waals surface area contributed by atoms with Gasteiger partial charge in [0.2, 0.25) is 5.91 Å². The van der Waals surface area contributed by atoms with Crippen LogP contribution >= 0.6 is 15.9 Å². The third-order valence-electron chi connectivity index (χ3n) is 5.83. The van der Waals surface area contributed by atoms with Gasteiger partial charge in [0.25, 0.3) is 0 Å². The fourth-order valence-electron chi connectivity index (χ4n) is 3.72. The number of halogens is 2. The molecule has 1 aromatic carbocycles. The van der Waals surface area contributed by atoms with E-state index in [9.17, 15) is 14.3 Å². The lowest BCUT2D eigenvalue weighted by Gasteiger charge is -2.28. The number of primary amides is 1. The molecule has 2 aliphatic rings. The van der Waals surface area contributed by atoms with Crippen LogP contribution in [0, 0.1) is 11.7 Å². The molecule has 2 aromatic rings. The highest BCUT2D eigenvalue weighted by Gasteiger charge is 2.49. The van der Waals surface area contributed by atoms with Crippen LogP contribution in [-0.2, 0) is 15.8 Å². The summed E-state index contributed by atoms with van der Waals surface area (Å²) in [6.45, 7) is 1.67. The van der Waals surface area contributed by atoms with Gasteiger partial charge in [-0.2, -0.15) is 0 Å². The van der Waals surface area contributed by atoms with Crippen molar-refractivity contribution in [2.75, 3.05) is 13.2 Å². The number of fused-ring (bicyclic) bond motifs is 1. The number of ether oxygens (including phenoxy) is 1. The third-order valence-corrected chi connectivity index (χ3v) is 6.44. The first-order valence-electron chi connectivity index (χ1n) is 9.08. The lowest BCUT2D eigenvalue weighted by molar-refractivity contribution is -0.123. The molecule has 1 saturated carbocycles. The first kappa shape index (κ1) is 19.3. The Morgan fingerprint density at radius 3 is 2.82 bits per heavy atom. The molecule has 0 spiro atoms. The largest absolute Gasteiger partial charge is 0.489 e. The second kappa shape index (κ2) is 6.50. The van der Waals surface area contributed by atoms with Gasteiger partial charge >= 0.3 is 0 Å². The fraction of sp³-hybridized carbons (Fsp3) is 0.400. The zero-order valence-electron chi connectivity index (χ0n) is 15.3. The molecule has 8 heteroatoms. The van der Waals surface area contributed by atoms with E-state index in [1.165, 1.54) is 0 Å². The highest BCUT2D eigenvalue weighted by Crippen LogP contribution is 2.50. The van der Waals surface area contributed by atoms with Crippen molar-refractivity contribution in [2.45, 2.75) is 30.8 Å². The molecule has 1 amide bonds. The van der Waals surface area contributed by atoms with Crippen molar-refractivity contribution in [1.82, 2.24) is 4.98 Å². The maximum atomic E-state index is 14.9. The lowest BCUT2D eigenvalue weighted by atomic mass is 9.81. The van der Waals surface area contributed by atoms with Gasteiger partial charge in [0.1, 0.15) is 34.9 Å². The molecule has 148 valence electrons. The van der Waals surface area contributed by atoms with Crippen LogP contribution in [0.5, 0.6) is 5.75 Å². The average Bonchev–Trinajstić information content (AvgIpc) is 3.47. The van der Waals surface area contributed by atoms with Crippen LogP contribution < -0.4 is 16.2 Å². The fourth-order valence-corrected chi connectivity index (χ4v) is 4.09. The van der Waals surface area contributed by atoms with Crippen molar-refractivity contribution in [3.05, 3.63) is 45.8 Å². The van der Waals surface area contributed by atoms with Crippen molar-refractivity contribution in [3.8, 4) is 17.0 Å². The number of benzene rings is 1. The van der Waals surface area contributed by atoms with E-state index in [-0.39, 0.29) is 34.8 Å². The van der Waals surface area contributed by atoms with Crippen LogP contribution in [0.4, 0.5) is 4.39 Å². The topological polar surface area (TPSA) is 111 Å². The minimum Gasteiger partial charge on any atom is -0.489 e. The van der Waals surface area contributed by atoms with Crippen LogP contribution in [0.25, 0.3) is 11.3 Å². The van der Waals surface area contributed by atoms with Crippen molar-refractivity contribution < 1.29 is 19.0 Å². The number of hydrogen-bond acceptors (Lipinski definition) is 5. The normalized spacial score (nSPS) is 23.0. The summed E-state index contributed by atoms with van der Waals surface area (Å²) in [5.74, 6) is -0.789. The number of amides is 1. The Morgan fingerprint density at radius 1 is 1.50 bits per heavy atom. The van der Waals surface area contributed by atoms with E-state index in [4.69, 9.17) is 16.2 Å². The molecule has 2 atom stereocenters. The van der Waals surface area contributed by atoms with Gasteiger partial charge in [0.05, 0.1) is 10.2 Å². The summed E-state index contributed by atoms with van der Waals surface area (Å²) in [6, 6.07) is 6.48. The lowest BCUT2D eigenvalue weighted by Crippen LogP contribution is -2.41. The number of carbonyl (C=O) groups is 1. The molecule has 6 nitrogen and oxygen atoms in total. The molecule has 28 heavy (non-hydrogen) atoms. The van der Waals surface area contributed by atoms with E-state index in [0.717, 1.165) is 12.8 Å². The van der Waals surface area contributed by atoms with E-state index in [0.29, 0.717) is 17.0 Å². The molecule has 4 rings (SSSR count). The Hall–Kier alpha value is -2.03. The standard InChI is InChI=1S/C20H21BrFN3O3/c1-19(18(24)26)9-28-17-12(19)7-14(20(27,8-23)10-5-6-10)25-16(17)11-3-2-4-13(21)15(11)22/h2-4,7,10,27H,5-6,8-9,23H2,1H3,(H2,24,26)/t19-,20+/m0/s1. The highest BCUT2D eigenvalue weighted by atomic mass is 79.9. The molecule has 2 heterocycles. The number of aromatic nitrogens is 1. The molecule has 0 radical (unpaired) electrons. The van der Waals surface area contributed by atoms with E-state index >= 15 is 0 Å². The summed E-state index contributed by atoms with van der Waals surface area (Å²) in [6.07, 6.45) is 1.66. The molecule has 1 aliphatic heterocycles. The number of aliphatic hydroxyl groups is 1. The zero-order chi connectivity index (χ0) is 20.3. The van der Waals surface area contributed by atoms with Crippen LogP contribution in [0.2, 0.25) is 0 Å². The van der Waals surface area contributed by atoms with Gasteiger partial charge in [-0.15, -0.1) is 0 Å². The first-order valence-corrected chi connectivity index (χ1v) is 9.87. The van der Waals surface area contributed by atoms with Gasteiger partial charge < -0.3 is 21.3 Å². The van der Waals surface area contributed by atoms with E-state index in [2.05, 4.69) is 20.9 Å². The number of pyridine rings is 1. The summed E-state index contributed by atoms with van der Waals surface area (Å²) >= 11 is 3.19. The second-order valence-electron chi connectivity index (χ2n) is 7.72. The summed E-state index contributed by atoms with van der Waals surface area (Å²) in [5.41, 5.74) is 10.3. The van der Waals surface area contributed by atoms with Gasteiger partial charge in [0, 0.05) is 17.7 Å². The Balaban J connectivity index is 2.01. The third kappa shape index (κ3) is 2.74. The van der Waals surface area contributed by atoms with Crippen molar-refractivity contribution in [3.63, 3.8) is 0 Å². The Kier molecular flexibility index (Phi) is 4.48. The number of rotatable bonds is 5. The smallest absolute Gasteiger partial charge is 0.231 e. The molecular formula is C20H21BrFN3O3. The summed E-state index contributed by atoms with van der Waals surface area (Å²) < 4.78 is 20.9. The molecule has 0 unspecified atom stereocenters. The zero-order valence-corrected chi connectivity index (χ0v) is 16.9. The van der Waals surface area contributed by atoms with Crippen LogP contribution in [0.1, 0.15) is 31.0 Å². The summed E-state index contributed by atoms with van der Waals surface area (Å²) in [5, 5.41) is 11.2. The monoisotopic (exact) mass is 449 g/mol. The van der Waals surface area contributed by atoms with Crippen molar-refractivity contribution >= 4 is 21.8 Å². The predicted molar refractivity (Wildman–Crippen MR) is 105 cm³/mol. The van der Waals surface area contributed by atoms with E-state index in [1.54, 1.807) is 31.2 Å². The maximum absolute atomic E-state index is 14.9. The van der Waals surface area contributed by atoms with Crippen LogP contribution in [-0.4, -0.2) is 29.1 Å². The average molecular weight is 450 g/mol. The van der Waals surface area contributed by atoms with Gasteiger partial charge in [-0.25, -0.2) is 9.37 Å². The molecular weight excluding hydrogens is 429 g/mol. The van der Waals surface area contributed by atoms with Crippen LogP contribution in [0.3, 0.4) is 0 Å². The number of nitrogens with two attached hydrogens (primary N) is 2. The van der Waals surface area contributed by atoms with Gasteiger partial charge in [-0.3, -0.25) is 4.79 Å². The molecule has 1 aromatic heterocycles. The van der Waals surface area contributed by atoms with Gasteiger partial charge in [0.15, 0.2) is 0 Å². The number of hydrogen-bond donors (Lipinski definition) is 3. The first-order chi connectivity index (χ1) is 13.2. The minimum absolute atomic E-state index is 0.0228. The quantitative estimate of drug-likeness (QED) is 0.648. The number of nitrogens with zero attached hydrogens (tertiary/aromatic N) is 1.